The summed E-state index contributed by atoms with van der Waals surface area (Å²) in [7, 11) is 0. The van der Waals surface area contributed by atoms with Gasteiger partial charge in [-0.3, -0.25) is 9.36 Å². The first-order chi connectivity index (χ1) is 24.2. The lowest BCUT2D eigenvalue weighted by Crippen LogP contribution is -2.58. The van der Waals surface area contributed by atoms with E-state index in [1.54, 1.807) is 48.1 Å². The largest absolute Gasteiger partial charge is 0.529 e. The van der Waals surface area contributed by atoms with Crippen molar-refractivity contribution in [2.45, 2.75) is 43.5 Å². The topological polar surface area (TPSA) is 94.1 Å². The number of urea groups is 1. The number of rotatable bonds is 4. The van der Waals surface area contributed by atoms with E-state index in [9.17, 15) is 18.8 Å². The van der Waals surface area contributed by atoms with Gasteiger partial charge in [0.2, 0.25) is 5.91 Å². The van der Waals surface area contributed by atoms with E-state index in [-0.39, 0.29) is 57.4 Å². The van der Waals surface area contributed by atoms with Gasteiger partial charge < -0.3 is 9.80 Å². The second kappa shape index (κ2) is 12.8. The monoisotopic (exact) mass is 788 g/mol. The normalized spacial score (nSPS) is 22.5. The molecule has 1 saturated heterocycles. The summed E-state index contributed by atoms with van der Waals surface area (Å²) in [6, 6.07) is 0.987. The Morgan fingerprint density at radius 3 is 2.47 bits per heavy atom. The number of halogens is 6. The van der Waals surface area contributed by atoms with Crippen LogP contribution in [0.2, 0.25) is 0 Å². The minimum atomic E-state index is -5.02. The van der Waals surface area contributed by atoms with Gasteiger partial charge in [-0.2, -0.15) is 22.9 Å². The van der Waals surface area contributed by atoms with E-state index in [1.165, 1.54) is 21.8 Å². The summed E-state index contributed by atoms with van der Waals surface area (Å²) in [6.07, 6.45) is 4.21. The van der Waals surface area contributed by atoms with Gasteiger partial charge in [-0.25, -0.2) is 13.6 Å². The third-order valence-electron chi connectivity index (χ3n) is 9.09. The van der Waals surface area contributed by atoms with E-state index < -0.39 is 64.2 Å². The van der Waals surface area contributed by atoms with Crippen LogP contribution >= 0.6 is 27.7 Å². The molecule has 1 fully saturated rings. The third-order valence-corrected chi connectivity index (χ3v) is 11.0. The molecule has 0 bridgehead atoms. The fourth-order valence-corrected chi connectivity index (χ4v) is 8.63. The highest BCUT2D eigenvalue weighted by Gasteiger charge is 2.42. The van der Waals surface area contributed by atoms with Crippen molar-refractivity contribution in [1.82, 2.24) is 19.4 Å². The second-order valence-electron chi connectivity index (χ2n) is 12.5. The van der Waals surface area contributed by atoms with Gasteiger partial charge in [0.15, 0.2) is 0 Å². The minimum Gasteiger partial charge on any atom is -0.352 e. The van der Waals surface area contributed by atoms with Crippen molar-refractivity contribution >= 4 is 68.4 Å². The van der Waals surface area contributed by atoms with Crippen molar-refractivity contribution in [3.05, 3.63) is 87.4 Å². The number of carbonyl (C=O) groups excluding carboxylic acids is 2. The number of thioether (sulfide) groups is 1. The quantitative estimate of drug-likeness (QED) is 0.132. The van der Waals surface area contributed by atoms with Crippen molar-refractivity contribution in [2.75, 3.05) is 23.7 Å². The Hall–Kier alpha value is -4.64. The van der Waals surface area contributed by atoms with Crippen LogP contribution < -0.4 is 10.6 Å². The first-order valence-corrected chi connectivity index (χ1v) is 17.5. The average molecular weight is 790 g/mol. The smallest absolute Gasteiger partial charge is 0.352 e. The van der Waals surface area contributed by atoms with E-state index in [4.69, 9.17) is 0 Å². The Balaban J connectivity index is 1.46. The molecule has 0 spiro atoms. The number of anilines is 1. The first kappa shape index (κ1) is 34.8. The number of amides is 3. The SMILES string of the molecule is C=CC(=O)N1[C@H](C)CN(c2nc(=O)n3c4c(c(-c5cc(Br)c(F)cc5F)c(C(F)(F)F)cc24)SCC(/C=[N+]2/N=C4C=CC=CN4C2=O)C3)C[C@@H]1C. The lowest BCUT2D eigenvalue weighted by molar-refractivity contribution is -0.426. The Morgan fingerprint density at radius 2 is 1.80 bits per heavy atom. The van der Waals surface area contributed by atoms with Gasteiger partial charge >= 0.3 is 17.9 Å². The van der Waals surface area contributed by atoms with Crippen LogP contribution in [-0.2, 0) is 17.5 Å². The van der Waals surface area contributed by atoms with Crippen LogP contribution in [0.4, 0.5) is 32.6 Å². The van der Waals surface area contributed by atoms with Gasteiger partial charge in [0, 0.05) is 76.9 Å². The van der Waals surface area contributed by atoms with Crippen molar-refractivity contribution < 1.29 is 36.2 Å². The molecule has 1 aromatic heterocycles. The van der Waals surface area contributed by atoms with Crippen LogP contribution in [0.15, 0.2) is 74.5 Å². The van der Waals surface area contributed by atoms with E-state index in [1.807, 2.05) is 0 Å². The predicted molar refractivity (Wildman–Crippen MR) is 186 cm³/mol. The van der Waals surface area contributed by atoms with E-state index in [2.05, 4.69) is 32.6 Å². The molecule has 2 aromatic carbocycles. The van der Waals surface area contributed by atoms with Gasteiger partial charge in [0.1, 0.15) is 29.9 Å². The number of alkyl halides is 3. The third kappa shape index (κ3) is 5.99. The highest BCUT2D eigenvalue weighted by Crippen LogP contribution is 2.49. The zero-order valence-corrected chi connectivity index (χ0v) is 29.4. The molecule has 264 valence electrons. The molecule has 4 aliphatic rings. The summed E-state index contributed by atoms with van der Waals surface area (Å²) in [5, 5.41) is 4.32. The summed E-state index contributed by atoms with van der Waals surface area (Å²) < 4.78 is 77.5. The molecule has 17 heteroatoms. The molecule has 5 heterocycles. The maximum Gasteiger partial charge on any atom is 0.529 e. The number of hydrogen-bond acceptors (Lipinski definition) is 7. The fraction of sp³-hybridized carbons (Fsp3) is 0.294. The number of carbonyl (C=O) groups is 2. The highest BCUT2D eigenvalue weighted by molar-refractivity contribution is 9.10. The van der Waals surface area contributed by atoms with Crippen molar-refractivity contribution in [2.24, 2.45) is 11.0 Å². The number of benzene rings is 2. The van der Waals surface area contributed by atoms with Crippen LogP contribution in [0.3, 0.4) is 0 Å². The number of aromatic nitrogens is 2. The van der Waals surface area contributed by atoms with Gasteiger partial charge in [0.05, 0.1) is 15.6 Å². The van der Waals surface area contributed by atoms with Crippen LogP contribution in [0.25, 0.3) is 22.0 Å². The molecule has 3 aromatic rings. The molecule has 3 atom stereocenters. The summed E-state index contributed by atoms with van der Waals surface area (Å²) in [5.41, 5.74) is -2.98. The Kier molecular flexibility index (Phi) is 8.76. The van der Waals surface area contributed by atoms with E-state index in [0.717, 1.165) is 28.6 Å². The fourth-order valence-electron chi connectivity index (χ4n) is 6.99. The summed E-state index contributed by atoms with van der Waals surface area (Å²) in [4.78, 5) is 48.6. The molecule has 1 unspecified atom stereocenters. The van der Waals surface area contributed by atoms with E-state index >= 15 is 17.6 Å². The van der Waals surface area contributed by atoms with Crippen molar-refractivity contribution in [3.63, 3.8) is 0 Å². The molecule has 0 aliphatic carbocycles. The van der Waals surface area contributed by atoms with Crippen LogP contribution in [-0.4, -0.2) is 78.9 Å². The maximum absolute atomic E-state index is 15.6. The van der Waals surface area contributed by atoms with Gasteiger partial charge in [-0.1, -0.05) is 17.3 Å². The Bertz CT molecular complexity index is 2220. The molecule has 0 N–H and O–H groups in total. The molecule has 4 aliphatic heterocycles. The summed E-state index contributed by atoms with van der Waals surface area (Å²) >= 11 is 3.94. The number of hydrazone groups is 1. The van der Waals surface area contributed by atoms with Gasteiger partial charge in [-0.15, -0.1) is 16.7 Å². The molecular weight excluding hydrogens is 761 g/mol. The zero-order valence-electron chi connectivity index (χ0n) is 27.0. The number of allylic oxidation sites excluding steroid dienone is 2. The Labute approximate surface area is 300 Å². The van der Waals surface area contributed by atoms with Crippen LogP contribution in [0, 0.1) is 17.6 Å². The molecule has 0 saturated carbocycles. The standard InChI is InChI=1S/C34H28BrF5N7O3S/c1-4-27(48)47-17(2)12-43(13-18(47)3)31-21-9-22(34(38,39)40)28(20-10-23(35)25(37)11-24(20)36)30-29(21)45(32(49)41-31)14-19(16-51-30)15-46-33(50)44-8-6-5-7-26(44)42-46/h4-11,15,17-19H,1,12-14,16H2,2-3H3/q+1/b46-15+/t17-,18+,19?. The molecular formula is C34H28BrF5N7O3S+. The van der Waals surface area contributed by atoms with E-state index in [0.29, 0.717) is 11.9 Å². The van der Waals surface area contributed by atoms with Gasteiger partial charge in [0.25, 0.3) is 5.84 Å². The Morgan fingerprint density at radius 1 is 1.08 bits per heavy atom. The summed E-state index contributed by atoms with van der Waals surface area (Å²) in [6.45, 7) is 7.31. The molecule has 0 radical (unpaired) electrons. The predicted octanol–water partition coefficient (Wildman–Crippen LogP) is 6.37. The minimum absolute atomic E-state index is 0.0109. The maximum atomic E-state index is 15.6. The van der Waals surface area contributed by atoms with Crippen LogP contribution in [0.1, 0.15) is 19.4 Å². The molecule has 51 heavy (non-hydrogen) atoms. The molecule has 10 nitrogen and oxygen atoms in total. The number of hydrogen-bond donors (Lipinski definition) is 0. The molecule has 7 rings (SSSR count). The lowest BCUT2D eigenvalue weighted by atomic mass is 9.95. The summed E-state index contributed by atoms with van der Waals surface area (Å²) in [5.74, 6) is -2.78. The van der Waals surface area contributed by atoms with Crippen LogP contribution in [0.5, 0.6) is 0 Å². The lowest BCUT2D eigenvalue weighted by Gasteiger charge is -2.44. The zero-order chi connectivity index (χ0) is 36.5. The number of fused-ring (bicyclic) bond motifs is 1. The second-order valence-corrected chi connectivity index (χ2v) is 14.4. The van der Waals surface area contributed by atoms with Gasteiger partial charge in [-0.05, 0) is 59.2 Å². The number of amidine groups is 1. The first-order valence-electron chi connectivity index (χ1n) is 15.7. The van der Waals surface area contributed by atoms with Crippen molar-refractivity contribution in [1.29, 1.82) is 0 Å². The van der Waals surface area contributed by atoms with Crippen molar-refractivity contribution in [3.8, 4) is 11.1 Å². The molecule has 3 amide bonds. The number of piperazine rings is 1. The average Bonchev–Trinajstić information content (AvgIpc) is 3.25. The highest BCUT2D eigenvalue weighted by atomic mass is 79.9. The number of nitrogens with zero attached hydrogens (tertiary/aromatic N) is 7.